The standard InChI is InChI=1S/C23H20F6N4O/c1-33-11-16(20(32-33)21(26)27)22(34)31-19-14(15-10-13(24)2-3-17(15)25)6-9-30-18(19)12-4-7-23(28,29)8-5-12/h2-3,6,9-12,21H,4-5,7-8H2,1H3,(H,31,34). The smallest absolute Gasteiger partial charge is 0.282 e. The van der Waals surface area contributed by atoms with E-state index in [4.69, 9.17) is 0 Å². The van der Waals surface area contributed by atoms with Gasteiger partial charge in [0.1, 0.15) is 17.3 Å². The fourth-order valence-corrected chi connectivity index (χ4v) is 4.18. The number of aryl methyl sites for hydroxylation is 1. The minimum absolute atomic E-state index is 0.0451. The number of carbonyl (C=O) groups is 1. The van der Waals surface area contributed by atoms with E-state index in [9.17, 15) is 31.1 Å². The van der Waals surface area contributed by atoms with Gasteiger partial charge in [0.15, 0.2) is 0 Å². The Morgan fingerprint density at radius 2 is 1.85 bits per heavy atom. The quantitative estimate of drug-likeness (QED) is 0.438. The third kappa shape index (κ3) is 4.78. The van der Waals surface area contributed by atoms with Crippen LogP contribution in [0.3, 0.4) is 0 Å². The van der Waals surface area contributed by atoms with Crippen molar-refractivity contribution < 1.29 is 31.1 Å². The van der Waals surface area contributed by atoms with Gasteiger partial charge in [-0.25, -0.2) is 26.3 Å². The SMILES string of the molecule is Cn1cc(C(=O)Nc2c(-c3cc(F)ccc3F)ccnc2C2CCC(F)(F)CC2)c(C(F)F)n1. The van der Waals surface area contributed by atoms with Crippen LogP contribution in [0.4, 0.5) is 32.0 Å². The summed E-state index contributed by atoms with van der Waals surface area (Å²) in [6.07, 6.45) is -1.31. The van der Waals surface area contributed by atoms with E-state index in [-0.39, 0.29) is 35.3 Å². The Morgan fingerprint density at radius 3 is 2.53 bits per heavy atom. The summed E-state index contributed by atoms with van der Waals surface area (Å²) in [5.74, 6) is -5.82. The molecule has 0 saturated heterocycles. The zero-order valence-electron chi connectivity index (χ0n) is 18.0. The Labute approximate surface area is 190 Å². The fraction of sp³-hybridized carbons (Fsp3) is 0.348. The molecule has 5 nitrogen and oxygen atoms in total. The lowest BCUT2D eigenvalue weighted by atomic mass is 9.83. The molecule has 11 heteroatoms. The maximum Gasteiger partial charge on any atom is 0.282 e. The summed E-state index contributed by atoms with van der Waals surface area (Å²) in [6, 6.07) is 4.10. The number of pyridine rings is 1. The van der Waals surface area contributed by atoms with E-state index in [1.807, 2.05) is 0 Å². The highest BCUT2D eigenvalue weighted by atomic mass is 19.3. The summed E-state index contributed by atoms with van der Waals surface area (Å²) in [4.78, 5) is 17.3. The van der Waals surface area contributed by atoms with Gasteiger partial charge in [-0.2, -0.15) is 5.10 Å². The van der Waals surface area contributed by atoms with Crippen molar-refractivity contribution in [3.63, 3.8) is 0 Å². The molecule has 0 bridgehead atoms. The lowest BCUT2D eigenvalue weighted by molar-refractivity contribution is -0.0384. The van der Waals surface area contributed by atoms with Gasteiger partial charge in [0.25, 0.3) is 12.3 Å². The molecule has 1 amide bonds. The molecule has 1 aliphatic rings. The Morgan fingerprint density at radius 1 is 1.15 bits per heavy atom. The van der Waals surface area contributed by atoms with Crippen LogP contribution in [0.1, 0.15) is 59.8 Å². The Hall–Kier alpha value is -3.37. The highest BCUT2D eigenvalue weighted by molar-refractivity contribution is 6.07. The molecule has 4 rings (SSSR count). The van der Waals surface area contributed by atoms with Gasteiger partial charge in [0.05, 0.1) is 16.9 Å². The van der Waals surface area contributed by atoms with Gasteiger partial charge < -0.3 is 5.32 Å². The van der Waals surface area contributed by atoms with Crippen LogP contribution in [0.15, 0.2) is 36.7 Å². The molecule has 180 valence electrons. The summed E-state index contributed by atoms with van der Waals surface area (Å²) < 4.78 is 83.9. The Bertz CT molecular complexity index is 1220. The number of hydrogen-bond donors (Lipinski definition) is 1. The highest BCUT2D eigenvalue weighted by Gasteiger charge is 2.37. The molecule has 0 atom stereocenters. The average Bonchev–Trinajstić information content (AvgIpc) is 3.18. The Kier molecular flexibility index (Phi) is 6.37. The first kappa shape index (κ1) is 23.8. The molecule has 0 unspecified atom stereocenters. The largest absolute Gasteiger partial charge is 0.320 e. The first-order chi connectivity index (χ1) is 16.1. The number of benzene rings is 1. The summed E-state index contributed by atoms with van der Waals surface area (Å²) in [6.45, 7) is 0. The summed E-state index contributed by atoms with van der Waals surface area (Å²) in [5.41, 5.74) is -1.14. The van der Waals surface area contributed by atoms with Crippen molar-refractivity contribution in [1.29, 1.82) is 0 Å². The molecule has 0 aliphatic heterocycles. The summed E-state index contributed by atoms with van der Waals surface area (Å²) >= 11 is 0. The van der Waals surface area contributed by atoms with Crippen LogP contribution in [0.25, 0.3) is 11.1 Å². The van der Waals surface area contributed by atoms with Crippen LogP contribution in [-0.4, -0.2) is 26.6 Å². The zero-order chi connectivity index (χ0) is 24.6. The highest BCUT2D eigenvalue weighted by Crippen LogP contribution is 2.44. The van der Waals surface area contributed by atoms with E-state index in [1.54, 1.807) is 0 Å². The molecule has 3 aromatic rings. The van der Waals surface area contributed by atoms with Crippen LogP contribution >= 0.6 is 0 Å². The van der Waals surface area contributed by atoms with Crippen LogP contribution in [0.2, 0.25) is 0 Å². The molecule has 1 aliphatic carbocycles. The van der Waals surface area contributed by atoms with Crippen molar-refractivity contribution in [1.82, 2.24) is 14.8 Å². The fourth-order valence-electron chi connectivity index (χ4n) is 4.18. The number of halogens is 6. The van der Waals surface area contributed by atoms with Gasteiger partial charge in [0.2, 0.25) is 5.92 Å². The van der Waals surface area contributed by atoms with Gasteiger partial charge in [-0.3, -0.25) is 14.5 Å². The molecule has 2 heterocycles. The second-order valence-corrected chi connectivity index (χ2v) is 8.23. The third-order valence-corrected chi connectivity index (χ3v) is 5.85. The number of nitrogens with zero attached hydrogens (tertiary/aromatic N) is 3. The van der Waals surface area contributed by atoms with E-state index in [0.29, 0.717) is 0 Å². The molecule has 34 heavy (non-hydrogen) atoms. The predicted octanol–water partition coefficient (Wildman–Crippen LogP) is 6.24. The molecule has 0 radical (unpaired) electrons. The number of amides is 1. The predicted molar refractivity (Wildman–Crippen MR) is 112 cm³/mol. The maximum absolute atomic E-state index is 14.6. The monoisotopic (exact) mass is 482 g/mol. The molecular weight excluding hydrogens is 462 g/mol. The number of hydrogen-bond acceptors (Lipinski definition) is 3. The van der Waals surface area contributed by atoms with E-state index >= 15 is 0 Å². The van der Waals surface area contributed by atoms with Crippen molar-refractivity contribution in [2.75, 3.05) is 5.32 Å². The van der Waals surface area contributed by atoms with Crippen molar-refractivity contribution in [3.05, 3.63) is 65.2 Å². The maximum atomic E-state index is 14.6. The second kappa shape index (κ2) is 9.11. The van der Waals surface area contributed by atoms with Crippen LogP contribution < -0.4 is 5.32 Å². The topological polar surface area (TPSA) is 59.8 Å². The summed E-state index contributed by atoms with van der Waals surface area (Å²) in [5, 5.41) is 6.11. The Balaban J connectivity index is 1.81. The van der Waals surface area contributed by atoms with Gasteiger partial charge in [-0.1, -0.05) is 0 Å². The second-order valence-electron chi connectivity index (χ2n) is 8.23. The molecule has 2 aromatic heterocycles. The zero-order valence-corrected chi connectivity index (χ0v) is 18.0. The van der Waals surface area contributed by atoms with Crippen molar-refractivity contribution in [2.24, 2.45) is 7.05 Å². The third-order valence-electron chi connectivity index (χ3n) is 5.85. The number of nitrogens with one attached hydrogen (secondary N) is 1. The molecule has 1 aromatic carbocycles. The van der Waals surface area contributed by atoms with Gasteiger partial charge >= 0.3 is 0 Å². The van der Waals surface area contributed by atoms with Crippen LogP contribution in [0.5, 0.6) is 0 Å². The number of carbonyl (C=O) groups excluding carboxylic acids is 1. The number of alkyl halides is 4. The average molecular weight is 482 g/mol. The molecule has 0 spiro atoms. The molecule has 1 N–H and O–H groups in total. The van der Waals surface area contributed by atoms with Crippen molar-refractivity contribution in [3.8, 4) is 11.1 Å². The number of aromatic nitrogens is 3. The van der Waals surface area contributed by atoms with Crippen LogP contribution in [0, 0.1) is 11.6 Å². The van der Waals surface area contributed by atoms with Gasteiger partial charge in [-0.15, -0.1) is 0 Å². The van der Waals surface area contributed by atoms with Gasteiger partial charge in [-0.05, 0) is 37.1 Å². The van der Waals surface area contributed by atoms with E-state index < -0.39 is 59.9 Å². The minimum Gasteiger partial charge on any atom is -0.320 e. The first-order valence-electron chi connectivity index (χ1n) is 10.5. The summed E-state index contributed by atoms with van der Waals surface area (Å²) in [7, 11) is 1.37. The first-order valence-corrected chi connectivity index (χ1v) is 10.5. The number of anilines is 1. The van der Waals surface area contributed by atoms with E-state index in [1.165, 1.54) is 19.3 Å². The lowest BCUT2D eigenvalue weighted by Gasteiger charge is -2.29. The van der Waals surface area contributed by atoms with Crippen LogP contribution in [-0.2, 0) is 7.05 Å². The number of rotatable bonds is 5. The van der Waals surface area contributed by atoms with E-state index in [0.717, 1.165) is 29.1 Å². The van der Waals surface area contributed by atoms with Crippen molar-refractivity contribution >= 4 is 11.6 Å². The molecule has 1 saturated carbocycles. The minimum atomic E-state index is -3.03. The molecule has 1 fully saturated rings. The molecular formula is C23H20F6N4O. The lowest BCUT2D eigenvalue weighted by Crippen LogP contribution is -2.25. The van der Waals surface area contributed by atoms with E-state index in [2.05, 4.69) is 15.4 Å². The van der Waals surface area contributed by atoms with Crippen molar-refractivity contribution in [2.45, 2.75) is 43.9 Å². The normalized spacial score (nSPS) is 16.1. The van der Waals surface area contributed by atoms with Gasteiger partial charge in [0, 0.05) is 49.3 Å².